The predicted molar refractivity (Wildman–Crippen MR) is 108 cm³/mol. The van der Waals surface area contributed by atoms with Crippen LogP contribution in [0.15, 0.2) is 23.1 Å². The van der Waals surface area contributed by atoms with Crippen LogP contribution in [-0.2, 0) is 10.1 Å². The largest absolute Gasteiger partial charge is 1.00 e. The van der Waals surface area contributed by atoms with Gasteiger partial charge in [0.2, 0.25) is 0 Å². The fraction of sp³-hybridized carbons (Fsp3) is 0.667. The van der Waals surface area contributed by atoms with Crippen molar-refractivity contribution in [2.45, 2.75) is 82.7 Å². The molecule has 138 valence electrons. The maximum Gasteiger partial charge on any atom is 1.00 e. The topological polar surface area (TPSA) is 57.2 Å². The van der Waals surface area contributed by atoms with E-state index in [9.17, 15) is 13.0 Å². The number of benzene rings is 1. The first-order valence-electron chi connectivity index (χ1n) is 9.31. The summed E-state index contributed by atoms with van der Waals surface area (Å²) in [5.41, 5.74) is 0. The Kier molecular flexibility index (Phi) is 11.2. The van der Waals surface area contributed by atoms with Crippen LogP contribution in [0.3, 0.4) is 0 Å². The zero-order valence-corrected chi connectivity index (χ0v) is 23.0. The van der Waals surface area contributed by atoms with Crippen molar-refractivity contribution < 1.29 is 64.4 Å². The maximum atomic E-state index is 11.9. The molecule has 0 saturated heterocycles. The van der Waals surface area contributed by atoms with Gasteiger partial charge in [-0.05, 0) is 11.3 Å². The summed E-state index contributed by atoms with van der Waals surface area (Å²) >= 11 is 0. The molecule has 1 rings (SSSR count). The van der Waals surface area contributed by atoms with Gasteiger partial charge in [0.25, 0.3) is 0 Å². The summed E-state index contributed by atoms with van der Waals surface area (Å²) in [6, 6.07) is 12.1. The SMILES string of the molecule is CC[Si](CC)(CC)c1ccc(S(=O)(=O)[O-])c([Si](CC)(CC)CC)c1.[K+]. The van der Waals surface area contributed by atoms with E-state index in [4.69, 9.17) is 0 Å². The minimum atomic E-state index is -4.43. The molecule has 0 N–H and O–H groups in total. The Bertz CT molecular complexity index is 638. The van der Waals surface area contributed by atoms with Crippen LogP contribution in [0.5, 0.6) is 0 Å². The first-order valence-corrected chi connectivity index (χ1v) is 16.0. The normalized spacial score (nSPS) is 12.8. The standard InChI is InChI=1S/C18H34O3SSi2.K/c1-7-23(8-2,9-3)16-13-14-17(22(19,20)21)18(15-16)24(10-4,11-5)12-6;/h13-15H,7-12H2,1-6H3,(H,19,20,21);/q;+1/p-1. The van der Waals surface area contributed by atoms with E-state index in [2.05, 4.69) is 47.6 Å². The maximum absolute atomic E-state index is 11.9. The second kappa shape index (κ2) is 10.7. The van der Waals surface area contributed by atoms with Crippen LogP contribution in [0, 0.1) is 0 Å². The van der Waals surface area contributed by atoms with Gasteiger partial charge in [0.1, 0.15) is 10.1 Å². The Hall–Kier alpha value is 1.20. The zero-order valence-electron chi connectivity index (χ0n) is 17.1. The van der Waals surface area contributed by atoms with Gasteiger partial charge < -0.3 is 4.55 Å². The van der Waals surface area contributed by atoms with Crippen molar-refractivity contribution in [3.63, 3.8) is 0 Å². The Labute approximate surface area is 199 Å². The predicted octanol–water partition coefficient (Wildman–Crippen LogP) is 1.03. The van der Waals surface area contributed by atoms with Crippen LogP contribution in [0.1, 0.15) is 41.5 Å². The summed E-state index contributed by atoms with van der Waals surface area (Å²) in [6.07, 6.45) is 0. The van der Waals surface area contributed by atoms with Gasteiger partial charge in [-0.15, -0.1) is 0 Å². The molecule has 0 spiro atoms. The molecule has 0 amide bonds. The average molecular weight is 425 g/mol. The summed E-state index contributed by atoms with van der Waals surface area (Å²) in [7, 11) is -7.98. The van der Waals surface area contributed by atoms with Crippen molar-refractivity contribution in [1.29, 1.82) is 0 Å². The molecule has 0 bridgehead atoms. The van der Waals surface area contributed by atoms with Crippen molar-refractivity contribution in [3.8, 4) is 0 Å². The number of hydrogen-bond donors (Lipinski definition) is 0. The summed E-state index contributed by atoms with van der Waals surface area (Å²) in [5, 5.41) is 2.24. The monoisotopic (exact) mass is 424 g/mol. The Morgan fingerprint density at radius 1 is 0.800 bits per heavy atom. The van der Waals surface area contributed by atoms with Crippen molar-refractivity contribution in [3.05, 3.63) is 18.2 Å². The van der Waals surface area contributed by atoms with Gasteiger partial charge >= 0.3 is 51.4 Å². The third kappa shape index (κ3) is 5.38. The second-order valence-corrected chi connectivity index (χ2v) is 18.7. The van der Waals surface area contributed by atoms with Gasteiger partial charge in [-0.2, -0.15) is 0 Å². The molecule has 0 aliphatic rings. The molecule has 25 heavy (non-hydrogen) atoms. The van der Waals surface area contributed by atoms with E-state index in [0.29, 0.717) is 0 Å². The minimum absolute atomic E-state index is 0. The van der Waals surface area contributed by atoms with E-state index in [0.717, 1.165) is 41.5 Å². The van der Waals surface area contributed by atoms with Crippen LogP contribution >= 0.6 is 0 Å². The first kappa shape index (κ1) is 26.2. The second-order valence-electron chi connectivity index (χ2n) is 6.85. The van der Waals surface area contributed by atoms with Crippen LogP contribution in [-0.4, -0.2) is 29.1 Å². The molecule has 0 aromatic heterocycles. The van der Waals surface area contributed by atoms with Crippen molar-refractivity contribution in [1.82, 2.24) is 0 Å². The third-order valence-electron chi connectivity index (χ3n) is 6.49. The summed E-state index contributed by atoms with van der Waals surface area (Å²) in [6.45, 7) is 13.2. The number of rotatable bonds is 9. The van der Waals surface area contributed by atoms with Gasteiger partial charge in [0, 0.05) is 0 Å². The van der Waals surface area contributed by atoms with Crippen LogP contribution < -0.4 is 61.8 Å². The van der Waals surface area contributed by atoms with Gasteiger partial charge in [0.05, 0.1) is 21.0 Å². The van der Waals surface area contributed by atoms with E-state index >= 15 is 0 Å². The summed E-state index contributed by atoms with van der Waals surface area (Å²) in [4.78, 5) is 0.0506. The van der Waals surface area contributed by atoms with Crippen molar-refractivity contribution in [2.75, 3.05) is 0 Å². The molecule has 0 unspecified atom stereocenters. The minimum Gasteiger partial charge on any atom is -0.744 e. The molecule has 0 atom stereocenters. The molecule has 7 heteroatoms. The van der Waals surface area contributed by atoms with Gasteiger partial charge in [-0.3, -0.25) is 0 Å². The Morgan fingerprint density at radius 3 is 1.52 bits per heavy atom. The van der Waals surface area contributed by atoms with Gasteiger partial charge in [-0.1, -0.05) is 95.1 Å². The molecule has 0 saturated carbocycles. The van der Waals surface area contributed by atoms with E-state index in [-0.39, 0.29) is 56.3 Å². The fourth-order valence-electron chi connectivity index (χ4n) is 4.18. The van der Waals surface area contributed by atoms with Crippen LogP contribution in [0.4, 0.5) is 0 Å². The molecule has 0 aliphatic heterocycles. The molecule has 0 aliphatic carbocycles. The quantitative estimate of drug-likeness (QED) is 0.439. The van der Waals surface area contributed by atoms with E-state index in [1.54, 1.807) is 6.07 Å². The molecule has 1 aromatic carbocycles. The molecule has 0 radical (unpaired) electrons. The van der Waals surface area contributed by atoms with Gasteiger partial charge in [0.15, 0.2) is 0 Å². The van der Waals surface area contributed by atoms with E-state index in [1.807, 2.05) is 6.07 Å². The van der Waals surface area contributed by atoms with E-state index < -0.39 is 26.3 Å². The summed E-state index contributed by atoms with van der Waals surface area (Å²) in [5.74, 6) is 0. The fourth-order valence-corrected chi connectivity index (χ4v) is 13.2. The first-order chi connectivity index (χ1) is 11.2. The molecule has 3 nitrogen and oxygen atoms in total. The third-order valence-corrected chi connectivity index (χ3v) is 18.8. The average Bonchev–Trinajstić information content (AvgIpc) is 2.58. The molecular weight excluding hydrogens is 392 g/mol. The molecule has 1 aromatic rings. The smallest absolute Gasteiger partial charge is 0.744 e. The van der Waals surface area contributed by atoms with Crippen LogP contribution in [0.2, 0.25) is 36.3 Å². The molecule has 0 fully saturated rings. The summed E-state index contributed by atoms with van der Waals surface area (Å²) < 4.78 is 35.7. The Morgan fingerprint density at radius 2 is 1.20 bits per heavy atom. The van der Waals surface area contributed by atoms with Gasteiger partial charge in [-0.25, -0.2) is 8.42 Å². The van der Waals surface area contributed by atoms with E-state index in [1.165, 1.54) is 5.19 Å². The molecular formula is C18H33KO3SSi2. The van der Waals surface area contributed by atoms with Crippen molar-refractivity contribution in [2.24, 2.45) is 0 Å². The Balaban J connectivity index is 0.00000576. The van der Waals surface area contributed by atoms with Crippen molar-refractivity contribution >= 4 is 36.6 Å². The zero-order chi connectivity index (χ0) is 18.6. The van der Waals surface area contributed by atoms with Crippen LogP contribution in [0.25, 0.3) is 0 Å². The number of hydrogen-bond acceptors (Lipinski definition) is 3. The molecule has 0 heterocycles.